The smallest absolute Gasteiger partial charge is 0.344 e. The Balaban J connectivity index is 2.54. The fourth-order valence-corrected chi connectivity index (χ4v) is 1.37. The predicted octanol–water partition coefficient (Wildman–Crippen LogP) is 2.88. The normalized spacial score (nSPS) is 12.1. The number of hydrogen-bond donors (Lipinski definition) is 1. The van der Waals surface area contributed by atoms with E-state index >= 15 is 0 Å². The van der Waals surface area contributed by atoms with E-state index in [2.05, 4.69) is 6.92 Å². The van der Waals surface area contributed by atoms with Crippen LogP contribution >= 0.6 is 0 Å². The Labute approximate surface area is 96.1 Å². The average Bonchev–Trinajstić information content (AvgIpc) is 2.28. The molecule has 1 rings (SSSR count). The Morgan fingerprint density at radius 2 is 2.00 bits per heavy atom. The van der Waals surface area contributed by atoms with Gasteiger partial charge in [0.1, 0.15) is 5.75 Å². The van der Waals surface area contributed by atoms with Crippen LogP contribution in [0.3, 0.4) is 0 Å². The van der Waals surface area contributed by atoms with Crippen molar-refractivity contribution in [3.63, 3.8) is 0 Å². The monoisotopic (exact) mass is 222 g/mol. The zero-order valence-electron chi connectivity index (χ0n) is 9.77. The number of unbranched alkanes of at least 4 members (excludes halogenated alkanes) is 1. The van der Waals surface area contributed by atoms with Crippen molar-refractivity contribution in [2.75, 3.05) is 0 Å². The van der Waals surface area contributed by atoms with Gasteiger partial charge in [0, 0.05) is 0 Å². The van der Waals surface area contributed by atoms with E-state index in [9.17, 15) is 4.79 Å². The SMILES string of the molecule is CCCCc1ccc(O[C@H](C)C(=O)O)cc1. The lowest BCUT2D eigenvalue weighted by molar-refractivity contribution is -0.144. The van der Waals surface area contributed by atoms with E-state index < -0.39 is 12.1 Å². The van der Waals surface area contributed by atoms with Crippen LogP contribution in [0.15, 0.2) is 24.3 Å². The lowest BCUT2D eigenvalue weighted by Crippen LogP contribution is -2.22. The number of hydrogen-bond acceptors (Lipinski definition) is 2. The fraction of sp³-hybridized carbons (Fsp3) is 0.462. The molecule has 3 heteroatoms. The molecule has 3 nitrogen and oxygen atoms in total. The van der Waals surface area contributed by atoms with Crippen LogP contribution in [0, 0.1) is 0 Å². The van der Waals surface area contributed by atoms with E-state index in [0.717, 1.165) is 6.42 Å². The molecule has 0 heterocycles. The van der Waals surface area contributed by atoms with Crippen LogP contribution in [-0.2, 0) is 11.2 Å². The molecule has 0 fully saturated rings. The third kappa shape index (κ3) is 3.93. The Kier molecular flexibility index (Phi) is 4.83. The summed E-state index contributed by atoms with van der Waals surface area (Å²) in [7, 11) is 0. The highest BCUT2D eigenvalue weighted by Gasteiger charge is 2.11. The lowest BCUT2D eigenvalue weighted by atomic mass is 10.1. The highest BCUT2D eigenvalue weighted by atomic mass is 16.5. The molecule has 0 aliphatic rings. The van der Waals surface area contributed by atoms with Gasteiger partial charge in [0.2, 0.25) is 0 Å². The summed E-state index contributed by atoms with van der Waals surface area (Å²) in [5.74, 6) is -0.342. The first-order valence-corrected chi connectivity index (χ1v) is 5.62. The summed E-state index contributed by atoms with van der Waals surface area (Å²) in [5, 5.41) is 8.69. The number of benzene rings is 1. The second-order valence-corrected chi connectivity index (χ2v) is 3.85. The molecule has 0 amide bonds. The zero-order valence-corrected chi connectivity index (χ0v) is 9.77. The van der Waals surface area contributed by atoms with Gasteiger partial charge >= 0.3 is 5.97 Å². The van der Waals surface area contributed by atoms with Gasteiger partial charge in [0.15, 0.2) is 6.10 Å². The van der Waals surface area contributed by atoms with Gasteiger partial charge in [0.05, 0.1) is 0 Å². The van der Waals surface area contributed by atoms with Gasteiger partial charge in [0.25, 0.3) is 0 Å². The van der Waals surface area contributed by atoms with E-state index in [1.807, 2.05) is 24.3 Å². The second-order valence-electron chi connectivity index (χ2n) is 3.85. The van der Waals surface area contributed by atoms with Gasteiger partial charge in [-0.15, -0.1) is 0 Å². The molecule has 0 aliphatic heterocycles. The number of ether oxygens (including phenoxy) is 1. The van der Waals surface area contributed by atoms with E-state index in [-0.39, 0.29) is 0 Å². The molecule has 0 unspecified atom stereocenters. The third-order valence-corrected chi connectivity index (χ3v) is 2.40. The Morgan fingerprint density at radius 3 is 2.50 bits per heavy atom. The van der Waals surface area contributed by atoms with Crippen molar-refractivity contribution < 1.29 is 14.6 Å². The molecule has 0 spiro atoms. The maximum absolute atomic E-state index is 10.6. The summed E-state index contributed by atoms with van der Waals surface area (Å²) < 4.78 is 5.24. The second kappa shape index (κ2) is 6.16. The van der Waals surface area contributed by atoms with Crippen LogP contribution in [-0.4, -0.2) is 17.2 Å². The van der Waals surface area contributed by atoms with Crippen molar-refractivity contribution in [1.82, 2.24) is 0 Å². The average molecular weight is 222 g/mol. The van der Waals surface area contributed by atoms with E-state index in [4.69, 9.17) is 9.84 Å². The number of carbonyl (C=O) groups is 1. The first-order valence-electron chi connectivity index (χ1n) is 5.62. The molecule has 0 radical (unpaired) electrons. The molecule has 0 aromatic heterocycles. The van der Waals surface area contributed by atoms with Gasteiger partial charge in [-0.1, -0.05) is 25.5 Å². The van der Waals surface area contributed by atoms with Crippen molar-refractivity contribution in [3.8, 4) is 5.75 Å². The molecule has 1 N–H and O–H groups in total. The summed E-state index contributed by atoms with van der Waals surface area (Å²) in [4.78, 5) is 10.6. The number of carboxylic acids is 1. The Bertz CT molecular complexity index is 330. The molecule has 88 valence electrons. The Hall–Kier alpha value is -1.51. The summed E-state index contributed by atoms with van der Waals surface area (Å²) in [5.41, 5.74) is 1.26. The van der Waals surface area contributed by atoms with Crippen molar-refractivity contribution >= 4 is 5.97 Å². The molecule has 1 aromatic rings. The van der Waals surface area contributed by atoms with Gasteiger partial charge in [-0.25, -0.2) is 4.79 Å². The number of rotatable bonds is 6. The topological polar surface area (TPSA) is 46.5 Å². The maximum Gasteiger partial charge on any atom is 0.344 e. The number of aliphatic carboxylic acids is 1. The molecule has 0 aliphatic carbocycles. The fourth-order valence-electron chi connectivity index (χ4n) is 1.37. The van der Waals surface area contributed by atoms with E-state index in [1.165, 1.54) is 25.3 Å². The van der Waals surface area contributed by atoms with Gasteiger partial charge in [-0.05, 0) is 37.5 Å². The quantitative estimate of drug-likeness (QED) is 0.805. The summed E-state index contributed by atoms with van der Waals surface area (Å²) >= 11 is 0. The Morgan fingerprint density at radius 1 is 1.38 bits per heavy atom. The van der Waals surface area contributed by atoms with Crippen molar-refractivity contribution in [3.05, 3.63) is 29.8 Å². The van der Waals surface area contributed by atoms with Crippen molar-refractivity contribution in [2.45, 2.75) is 39.2 Å². The molecular formula is C13H18O3. The zero-order chi connectivity index (χ0) is 12.0. The largest absolute Gasteiger partial charge is 0.479 e. The van der Waals surface area contributed by atoms with Crippen LogP contribution < -0.4 is 4.74 Å². The van der Waals surface area contributed by atoms with Crippen molar-refractivity contribution in [1.29, 1.82) is 0 Å². The molecule has 16 heavy (non-hydrogen) atoms. The first-order chi connectivity index (χ1) is 7.63. The summed E-state index contributed by atoms with van der Waals surface area (Å²) in [6, 6.07) is 7.62. The molecule has 0 saturated carbocycles. The minimum absolute atomic E-state index is 0.607. The van der Waals surface area contributed by atoms with Gasteiger partial charge in [-0.3, -0.25) is 0 Å². The standard InChI is InChI=1S/C13H18O3/c1-3-4-5-11-6-8-12(9-7-11)16-10(2)13(14)15/h6-10H,3-5H2,1-2H3,(H,14,15)/t10-/m1/s1. The maximum atomic E-state index is 10.6. The molecule has 1 atom stereocenters. The number of carboxylic acid groups (broad SMARTS) is 1. The first kappa shape index (κ1) is 12.6. The minimum Gasteiger partial charge on any atom is -0.479 e. The van der Waals surface area contributed by atoms with Crippen LogP contribution in [0.2, 0.25) is 0 Å². The van der Waals surface area contributed by atoms with Gasteiger partial charge < -0.3 is 9.84 Å². The third-order valence-electron chi connectivity index (χ3n) is 2.40. The van der Waals surface area contributed by atoms with Crippen LogP contribution in [0.1, 0.15) is 32.3 Å². The molecule has 1 aromatic carbocycles. The van der Waals surface area contributed by atoms with Gasteiger partial charge in [-0.2, -0.15) is 0 Å². The van der Waals surface area contributed by atoms with Crippen LogP contribution in [0.25, 0.3) is 0 Å². The molecular weight excluding hydrogens is 204 g/mol. The molecule has 0 saturated heterocycles. The lowest BCUT2D eigenvalue weighted by Gasteiger charge is -2.10. The van der Waals surface area contributed by atoms with Crippen LogP contribution in [0.4, 0.5) is 0 Å². The highest BCUT2D eigenvalue weighted by molar-refractivity contribution is 5.72. The predicted molar refractivity (Wildman–Crippen MR) is 62.8 cm³/mol. The van der Waals surface area contributed by atoms with E-state index in [1.54, 1.807) is 0 Å². The van der Waals surface area contributed by atoms with E-state index in [0.29, 0.717) is 5.75 Å². The van der Waals surface area contributed by atoms with Crippen molar-refractivity contribution in [2.24, 2.45) is 0 Å². The van der Waals surface area contributed by atoms with Crippen LogP contribution in [0.5, 0.6) is 5.75 Å². The minimum atomic E-state index is -0.949. The highest BCUT2D eigenvalue weighted by Crippen LogP contribution is 2.15. The summed E-state index contributed by atoms with van der Waals surface area (Å²) in [6.07, 6.45) is 2.60. The number of aryl methyl sites for hydroxylation is 1. The molecule has 0 bridgehead atoms. The summed E-state index contributed by atoms with van der Waals surface area (Å²) in [6.45, 7) is 3.68.